The zero-order chi connectivity index (χ0) is 9.84. The molecule has 1 aromatic heterocycles. The first-order valence-electron chi connectivity index (χ1n) is 3.66. The Morgan fingerprint density at radius 2 is 2.54 bits per heavy atom. The number of aromatic nitrogens is 1. The van der Waals surface area contributed by atoms with Gasteiger partial charge in [-0.15, -0.1) is 0 Å². The van der Waals surface area contributed by atoms with E-state index in [-0.39, 0.29) is 11.7 Å². The predicted molar refractivity (Wildman–Crippen MR) is 46.8 cm³/mol. The summed E-state index contributed by atoms with van der Waals surface area (Å²) in [6.45, 7) is 6.02. The summed E-state index contributed by atoms with van der Waals surface area (Å²) in [5.41, 5.74) is 0.805. The zero-order valence-electron chi connectivity index (χ0n) is 7.20. The Morgan fingerprint density at radius 3 is 3.00 bits per heavy atom. The third-order valence-electron chi connectivity index (χ3n) is 1.26. The first-order chi connectivity index (χ1) is 6.09. The lowest BCUT2D eigenvalue weighted by Crippen LogP contribution is -2.03. The van der Waals surface area contributed by atoms with E-state index in [0.29, 0.717) is 6.54 Å². The Morgan fingerprint density at radius 1 is 1.85 bits per heavy atom. The highest BCUT2D eigenvalue weighted by Crippen LogP contribution is 2.07. The van der Waals surface area contributed by atoms with Gasteiger partial charge in [-0.2, -0.15) is 4.98 Å². The molecule has 0 aliphatic rings. The minimum Gasteiger partial charge on any atom is -0.476 e. The lowest BCUT2D eigenvalue weighted by Gasteiger charge is -1.98. The number of hydrogen-bond acceptors (Lipinski definition) is 4. The first-order valence-corrected chi connectivity index (χ1v) is 3.66. The molecule has 0 bridgehead atoms. The Labute approximate surface area is 75.1 Å². The molecule has 70 valence electrons. The van der Waals surface area contributed by atoms with E-state index in [1.807, 2.05) is 6.92 Å². The molecule has 1 aromatic rings. The van der Waals surface area contributed by atoms with Crippen molar-refractivity contribution in [1.29, 1.82) is 0 Å². The second kappa shape index (κ2) is 3.75. The van der Waals surface area contributed by atoms with Crippen LogP contribution in [0.15, 0.2) is 22.8 Å². The van der Waals surface area contributed by atoms with Crippen LogP contribution < -0.4 is 5.32 Å². The number of aromatic carboxylic acids is 1. The maximum Gasteiger partial charge on any atom is 0.357 e. The quantitative estimate of drug-likeness (QED) is 0.687. The van der Waals surface area contributed by atoms with Crippen LogP contribution in [-0.4, -0.2) is 22.6 Å². The molecule has 13 heavy (non-hydrogen) atoms. The minimum absolute atomic E-state index is 0.107. The van der Waals surface area contributed by atoms with Crippen molar-refractivity contribution < 1.29 is 14.3 Å². The number of anilines is 1. The van der Waals surface area contributed by atoms with Crippen molar-refractivity contribution in [3.05, 3.63) is 24.1 Å². The van der Waals surface area contributed by atoms with E-state index in [1.165, 1.54) is 0 Å². The number of rotatable bonds is 4. The third kappa shape index (κ3) is 2.62. The van der Waals surface area contributed by atoms with Gasteiger partial charge in [0.25, 0.3) is 6.01 Å². The third-order valence-corrected chi connectivity index (χ3v) is 1.26. The van der Waals surface area contributed by atoms with Gasteiger partial charge < -0.3 is 14.8 Å². The minimum atomic E-state index is -1.10. The number of hydrogen-bond donors (Lipinski definition) is 2. The van der Waals surface area contributed by atoms with Crippen LogP contribution in [-0.2, 0) is 0 Å². The normalized spacial score (nSPS) is 9.62. The molecule has 0 atom stereocenters. The Balaban J connectivity index is 2.59. The van der Waals surface area contributed by atoms with Gasteiger partial charge in [-0.3, -0.25) is 0 Å². The average Bonchev–Trinajstić information content (AvgIpc) is 2.48. The Bertz CT molecular complexity index is 330. The highest BCUT2D eigenvalue weighted by atomic mass is 16.4. The average molecular weight is 182 g/mol. The van der Waals surface area contributed by atoms with Crippen molar-refractivity contribution in [2.75, 3.05) is 11.9 Å². The lowest BCUT2D eigenvalue weighted by molar-refractivity contribution is 0.0690. The second-order valence-corrected chi connectivity index (χ2v) is 2.65. The first kappa shape index (κ1) is 9.31. The van der Waals surface area contributed by atoms with Crippen LogP contribution in [0.25, 0.3) is 0 Å². The summed E-state index contributed by atoms with van der Waals surface area (Å²) in [4.78, 5) is 14.0. The summed E-state index contributed by atoms with van der Waals surface area (Å²) in [6.07, 6.45) is 1.09. The van der Waals surface area contributed by atoms with Crippen LogP contribution >= 0.6 is 0 Å². The van der Waals surface area contributed by atoms with Gasteiger partial charge in [0.05, 0.1) is 0 Å². The predicted octanol–water partition coefficient (Wildman–Crippen LogP) is 1.36. The molecule has 0 aliphatic heterocycles. The molecular weight excluding hydrogens is 172 g/mol. The van der Waals surface area contributed by atoms with Gasteiger partial charge in [0.2, 0.25) is 0 Å². The molecule has 5 nitrogen and oxygen atoms in total. The van der Waals surface area contributed by atoms with Crippen LogP contribution in [0.1, 0.15) is 17.4 Å². The number of nitrogens with zero attached hydrogens (tertiary/aromatic N) is 1. The van der Waals surface area contributed by atoms with E-state index in [2.05, 4.69) is 16.9 Å². The van der Waals surface area contributed by atoms with Crippen LogP contribution in [0.3, 0.4) is 0 Å². The summed E-state index contributed by atoms with van der Waals surface area (Å²) >= 11 is 0. The topological polar surface area (TPSA) is 75.4 Å². The molecular formula is C8H10N2O3. The molecule has 0 amide bonds. The molecule has 2 N–H and O–H groups in total. The van der Waals surface area contributed by atoms with Crippen LogP contribution in [0.4, 0.5) is 6.01 Å². The molecule has 0 saturated carbocycles. The van der Waals surface area contributed by atoms with Crippen molar-refractivity contribution in [2.24, 2.45) is 0 Å². The van der Waals surface area contributed by atoms with Crippen molar-refractivity contribution in [2.45, 2.75) is 6.92 Å². The van der Waals surface area contributed by atoms with E-state index in [1.54, 1.807) is 0 Å². The zero-order valence-corrected chi connectivity index (χ0v) is 7.20. The summed E-state index contributed by atoms with van der Waals surface area (Å²) in [7, 11) is 0. The highest BCUT2D eigenvalue weighted by Gasteiger charge is 2.09. The smallest absolute Gasteiger partial charge is 0.357 e. The van der Waals surface area contributed by atoms with Crippen molar-refractivity contribution in [3.8, 4) is 0 Å². The van der Waals surface area contributed by atoms with Gasteiger partial charge in [0, 0.05) is 6.54 Å². The number of nitrogens with one attached hydrogen (secondary N) is 1. The monoisotopic (exact) mass is 182 g/mol. The lowest BCUT2D eigenvalue weighted by atomic mass is 10.3. The van der Waals surface area contributed by atoms with E-state index in [0.717, 1.165) is 11.8 Å². The fourth-order valence-electron chi connectivity index (χ4n) is 0.680. The molecule has 1 heterocycles. The van der Waals surface area contributed by atoms with Crippen molar-refractivity contribution >= 4 is 12.0 Å². The van der Waals surface area contributed by atoms with Gasteiger partial charge in [-0.05, 0) is 6.92 Å². The van der Waals surface area contributed by atoms with Crippen LogP contribution in [0.5, 0.6) is 0 Å². The summed E-state index contributed by atoms with van der Waals surface area (Å²) in [5, 5.41) is 11.3. The molecule has 0 aliphatic carbocycles. The van der Waals surface area contributed by atoms with Crippen molar-refractivity contribution in [1.82, 2.24) is 4.98 Å². The summed E-state index contributed by atoms with van der Waals surface area (Å²) in [5.74, 6) is -1.10. The maximum absolute atomic E-state index is 10.4. The van der Waals surface area contributed by atoms with Crippen molar-refractivity contribution in [3.63, 3.8) is 0 Å². The standard InChI is InChI=1S/C8H10N2O3/c1-5(2)3-9-8-10-6(4-13-8)7(11)12/h4H,1,3H2,2H3,(H,9,10)(H,11,12). The number of carboxylic acid groups (broad SMARTS) is 1. The second-order valence-electron chi connectivity index (χ2n) is 2.65. The molecule has 0 saturated heterocycles. The SMILES string of the molecule is C=C(C)CNc1nc(C(=O)O)co1. The van der Waals surface area contributed by atoms with E-state index < -0.39 is 5.97 Å². The Hall–Kier alpha value is -1.78. The van der Waals surface area contributed by atoms with Gasteiger partial charge in [0.1, 0.15) is 6.26 Å². The van der Waals surface area contributed by atoms with Gasteiger partial charge in [-0.1, -0.05) is 12.2 Å². The number of oxazole rings is 1. The molecule has 5 heteroatoms. The van der Waals surface area contributed by atoms with Gasteiger partial charge >= 0.3 is 5.97 Å². The molecule has 1 rings (SSSR count). The van der Waals surface area contributed by atoms with E-state index >= 15 is 0 Å². The molecule has 0 fully saturated rings. The Kier molecular flexibility index (Phi) is 2.69. The molecule has 0 radical (unpaired) electrons. The van der Waals surface area contributed by atoms with Crippen LogP contribution in [0, 0.1) is 0 Å². The van der Waals surface area contributed by atoms with E-state index in [9.17, 15) is 4.79 Å². The molecule has 0 unspecified atom stereocenters. The number of carboxylic acids is 1. The molecule has 0 spiro atoms. The fourth-order valence-corrected chi connectivity index (χ4v) is 0.680. The fraction of sp³-hybridized carbons (Fsp3) is 0.250. The van der Waals surface area contributed by atoms with Gasteiger partial charge in [0.15, 0.2) is 5.69 Å². The largest absolute Gasteiger partial charge is 0.476 e. The summed E-state index contributed by atoms with van der Waals surface area (Å²) < 4.78 is 4.83. The van der Waals surface area contributed by atoms with E-state index in [4.69, 9.17) is 9.52 Å². The van der Waals surface area contributed by atoms with Gasteiger partial charge in [-0.25, -0.2) is 4.79 Å². The molecule has 0 aromatic carbocycles. The highest BCUT2D eigenvalue weighted by molar-refractivity contribution is 5.85. The maximum atomic E-state index is 10.4. The number of carbonyl (C=O) groups is 1. The van der Waals surface area contributed by atoms with Crippen LogP contribution in [0.2, 0.25) is 0 Å². The summed E-state index contributed by atoms with van der Waals surface area (Å²) in [6, 6.07) is 0.195.